The molecule has 30 heavy (non-hydrogen) atoms. The lowest BCUT2D eigenvalue weighted by Crippen LogP contribution is -2.37. The molecular formula is C20H22ClN3O5S. The van der Waals surface area contributed by atoms with E-state index >= 15 is 0 Å². The maximum atomic E-state index is 13.1. The van der Waals surface area contributed by atoms with Crippen molar-refractivity contribution in [1.82, 2.24) is 14.4 Å². The Morgan fingerprint density at radius 2 is 1.90 bits per heavy atom. The van der Waals surface area contributed by atoms with Crippen LogP contribution in [0.2, 0.25) is 5.02 Å². The molecule has 1 aromatic carbocycles. The van der Waals surface area contributed by atoms with Crippen molar-refractivity contribution in [1.29, 1.82) is 0 Å². The average Bonchev–Trinajstić information content (AvgIpc) is 3.09. The zero-order valence-electron chi connectivity index (χ0n) is 16.9. The van der Waals surface area contributed by atoms with Crippen LogP contribution in [0.25, 0.3) is 11.0 Å². The van der Waals surface area contributed by atoms with Crippen LogP contribution in [0.15, 0.2) is 32.0 Å². The first-order valence-corrected chi connectivity index (χ1v) is 11.4. The van der Waals surface area contributed by atoms with Crippen molar-refractivity contribution >= 4 is 38.5 Å². The predicted molar refractivity (Wildman–Crippen MR) is 111 cm³/mol. The van der Waals surface area contributed by atoms with E-state index in [1.807, 2.05) is 19.1 Å². The molecule has 10 heteroatoms. The molecule has 0 atom stereocenters. The molecular weight excluding hydrogens is 430 g/mol. The fourth-order valence-corrected chi connectivity index (χ4v) is 5.84. The van der Waals surface area contributed by atoms with E-state index in [4.69, 9.17) is 20.5 Å². The van der Waals surface area contributed by atoms with E-state index in [-0.39, 0.29) is 35.4 Å². The Morgan fingerprint density at radius 1 is 1.13 bits per heavy atom. The fraction of sp³-hybridized carbons (Fsp3) is 0.400. The number of hydrogen-bond acceptors (Lipinski definition) is 6. The number of nitrogens with zero attached hydrogens (tertiary/aromatic N) is 3. The molecule has 1 saturated heterocycles. The maximum absolute atomic E-state index is 13.1. The number of para-hydroxylation sites is 1. The molecule has 0 radical (unpaired) electrons. The van der Waals surface area contributed by atoms with Gasteiger partial charge in [-0.2, -0.15) is 4.31 Å². The molecule has 2 aromatic heterocycles. The first-order valence-electron chi connectivity index (χ1n) is 9.61. The Morgan fingerprint density at radius 3 is 2.57 bits per heavy atom. The van der Waals surface area contributed by atoms with E-state index in [1.54, 1.807) is 24.8 Å². The highest BCUT2D eigenvalue weighted by molar-refractivity contribution is 7.89. The molecule has 1 fully saturated rings. The monoisotopic (exact) mass is 451 g/mol. The molecule has 0 bridgehead atoms. The lowest BCUT2D eigenvalue weighted by molar-refractivity contribution is 0.0733. The van der Waals surface area contributed by atoms with Crippen molar-refractivity contribution in [3.05, 3.63) is 46.0 Å². The van der Waals surface area contributed by atoms with Gasteiger partial charge in [0.25, 0.3) is 5.91 Å². The number of aryl methyl sites for hydroxylation is 3. The minimum atomic E-state index is -3.75. The smallest absolute Gasteiger partial charge is 0.289 e. The molecule has 3 heterocycles. The number of carbonyl (C=O) groups excluding carboxylic acids is 1. The zero-order valence-corrected chi connectivity index (χ0v) is 18.5. The molecule has 8 nitrogen and oxygen atoms in total. The number of rotatable bonds is 3. The molecule has 1 aliphatic rings. The average molecular weight is 452 g/mol. The Hall–Kier alpha value is -2.36. The van der Waals surface area contributed by atoms with Crippen molar-refractivity contribution in [2.75, 3.05) is 26.2 Å². The number of fused-ring (bicyclic) bond motifs is 1. The highest BCUT2D eigenvalue weighted by Gasteiger charge is 2.34. The molecule has 0 unspecified atom stereocenters. The number of sulfonamides is 1. The third-order valence-corrected chi connectivity index (χ3v) is 7.86. The predicted octanol–water partition coefficient (Wildman–Crippen LogP) is 3.54. The number of hydrogen-bond donors (Lipinski definition) is 0. The normalized spacial score (nSPS) is 16.2. The van der Waals surface area contributed by atoms with Gasteiger partial charge in [-0.1, -0.05) is 28.9 Å². The van der Waals surface area contributed by atoms with E-state index in [9.17, 15) is 13.2 Å². The molecule has 3 aromatic rings. The minimum Gasteiger partial charge on any atom is -0.449 e. The van der Waals surface area contributed by atoms with Crippen LogP contribution >= 0.6 is 11.6 Å². The Labute approximate surface area is 179 Å². The maximum Gasteiger partial charge on any atom is 0.289 e. The molecule has 0 saturated carbocycles. The summed E-state index contributed by atoms with van der Waals surface area (Å²) in [5, 5.41) is 4.99. The van der Waals surface area contributed by atoms with Crippen LogP contribution in [0.5, 0.6) is 0 Å². The van der Waals surface area contributed by atoms with Crippen LogP contribution in [0.1, 0.15) is 34.0 Å². The van der Waals surface area contributed by atoms with Gasteiger partial charge in [0.05, 0.1) is 5.02 Å². The summed E-state index contributed by atoms with van der Waals surface area (Å²) in [6.45, 7) is 6.17. The van der Waals surface area contributed by atoms with Gasteiger partial charge in [0.1, 0.15) is 10.6 Å². The van der Waals surface area contributed by atoms with Gasteiger partial charge in [-0.25, -0.2) is 8.42 Å². The standard InChI is InChI=1S/C20H22ClN3O5S/c1-12-15-6-4-7-16(21)18(15)28-17(12)20(25)23-8-5-9-24(11-10-23)30(26,27)19-13(2)22-29-14(19)3/h4,6-7H,5,8-11H2,1-3H3. The molecule has 1 aliphatic heterocycles. The van der Waals surface area contributed by atoms with E-state index in [2.05, 4.69) is 5.16 Å². The van der Waals surface area contributed by atoms with Gasteiger partial charge in [-0.15, -0.1) is 0 Å². The second kappa shape index (κ2) is 7.72. The van der Waals surface area contributed by atoms with Crippen molar-refractivity contribution in [3.63, 3.8) is 0 Å². The number of benzene rings is 1. The number of halogens is 1. The molecule has 1 amide bonds. The van der Waals surface area contributed by atoms with Gasteiger partial charge >= 0.3 is 0 Å². The van der Waals surface area contributed by atoms with Gasteiger partial charge in [0.2, 0.25) is 10.0 Å². The summed E-state index contributed by atoms with van der Waals surface area (Å²) in [5.74, 6) is 0.232. The van der Waals surface area contributed by atoms with Gasteiger partial charge in [0, 0.05) is 37.1 Å². The van der Waals surface area contributed by atoms with Crippen LogP contribution in [0.4, 0.5) is 0 Å². The number of carbonyl (C=O) groups is 1. The quantitative estimate of drug-likeness (QED) is 0.604. The topological polar surface area (TPSA) is 96.9 Å². The third kappa shape index (κ3) is 3.40. The number of furan rings is 1. The first kappa shape index (κ1) is 20.9. The van der Waals surface area contributed by atoms with Crippen LogP contribution in [-0.4, -0.2) is 54.9 Å². The van der Waals surface area contributed by atoms with Gasteiger partial charge in [-0.05, 0) is 33.3 Å². The number of aromatic nitrogens is 1. The van der Waals surface area contributed by atoms with Crippen molar-refractivity contribution < 1.29 is 22.2 Å². The van der Waals surface area contributed by atoms with E-state index in [1.165, 1.54) is 4.31 Å². The summed E-state index contributed by atoms with van der Waals surface area (Å²) in [6.07, 6.45) is 0.508. The van der Waals surface area contributed by atoms with Crippen LogP contribution in [-0.2, 0) is 10.0 Å². The minimum absolute atomic E-state index is 0.102. The first-order chi connectivity index (χ1) is 14.2. The van der Waals surface area contributed by atoms with Crippen molar-refractivity contribution in [2.45, 2.75) is 32.1 Å². The van der Waals surface area contributed by atoms with Crippen LogP contribution in [0, 0.1) is 20.8 Å². The van der Waals surface area contributed by atoms with Gasteiger partial charge in [0.15, 0.2) is 17.1 Å². The molecule has 4 rings (SSSR count). The lowest BCUT2D eigenvalue weighted by atomic mass is 10.1. The molecule has 160 valence electrons. The molecule has 0 aliphatic carbocycles. The Bertz CT molecular complexity index is 1210. The molecule has 0 N–H and O–H groups in total. The van der Waals surface area contributed by atoms with E-state index < -0.39 is 10.0 Å². The van der Waals surface area contributed by atoms with Crippen molar-refractivity contribution in [3.8, 4) is 0 Å². The van der Waals surface area contributed by atoms with E-state index in [0.29, 0.717) is 35.8 Å². The third-order valence-electron chi connectivity index (χ3n) is 5.42. The number of amides is 1. The summed E-state index contributed by atoms with van der Waals surface area (Å²) in [6, 6.07) is 5.38. The second-order valence-corrected chi connectivity index (χ2v) is 9.66. The second-order valence-electron chi connectivity index (χ2n) is 7.38. The lowest BCUT2D eigenvalue weighted by Gasteiger charge is -2.21. The fourth-order valence-electron chi connectivity index (χ4n) is 3.87. The summed E-state index contributed by atoms with van der Waals surface area (Å²) in [4.78, 5) is 14.9. The summed E-state index contributed by atoms with van der Waals surface area (Å²) < 4.78 is 38.4. The van der Waals surface area contributed by atoms with Crippen molar-refractivity contribution in [2.24, 2.45) is 0 Å². The van der Waals surface area contributed by atoms with Gasteiger partial charge in [-0.3, -0.25) is 4.79 Å². The summed E-state index contributed by atoms with van der Waals surface area (Å²) in [5.41, 5.74) is 1.54. The Balaban J connectivity index is 1.57. The van der Waals surface area contributed by atoms with E-state index in [0.717, 1.165) is 10.9 Å². The highest BCUT2D eigenvalue weighted by atomic mass is 35.5. The van der Waals surface area contributed by atoms with Crippen LogP contribution in [0.3, 0.4) is 0 Å². The van der Waals surface area contributed by atoms with Crippen LogP contribution < -0.4 is 0 Å². The Kier molecular flexibility index (Phi) is 5.37. The largest absolute Gasteiger partial charge is 0.449 e. The summed E-state index contributed by atoms with van der Waals surface area (Å²) in [7, 11) is -3.75. The summed E-state index contributed by atoms with van der Waals surface area (Å²) >= 11 is 6.20. The molecule has 0 spiro atoms. The van der Waals surface area contributed by atoms with Gasteiger partial charge < -0.3 is 13.8 Å². The SMILES string of the molecule is Cc1noc(C)c1S(=O)(=O)N1CCCN(C(=O)c2oc3c(Cl)cccc3c2C)CC1. The highest BCUT2D eigenvalue weighted by Crippen LogP contribution is 2.31. The zero-order chi connectivity index (χ0) is 21.6.